The predicted octanol–water partition coefficient (Wildman–Crippen LogP) is 2.94. The number of amides is 1. The van der Waals surface area contributed by atoms with Gasteiger partial charge in [-0.15, -0.1) is 22.6 Å². The van der Waals surface area contributed by atoms with E-state index in [1.807, 2.05) is 42.3 Å². The van der Waals surface area contributed by atoms with Crippen molar-refractivity contribution in [3.05, 3.63) is 64.7 Å². The topological polar surface area (TPSA) is 116 Å². The molecule has 1 aromatic heterocycles. The summed E-state index contributed by atoms with van der Waals surface area (Å²) in [5.74, 6) is -1.72. The molecule has 184 valence electrons. The van der Waals surface area contributed by atoms with Gasteiger partial charge in [0.1, 0.15) is 10.0 Å². The number of hydrogen-bond donors (Lipinski definition) is 2. The minimum atomic E-state index is -1.18. The number of aromatic carboxylic acids is 1. The second-order valence-electron chi connectivity index (χ2n) is 8.16. The first-order chi connectivity index (χ1) is 16.4. The number of hydrogen-bond acceptors (Lipinski definition) is 8. The zero-order valence-corrected chi connectivity index (χ0v) is 20.8. The van der Waals surface area contributed by atoms with Crippen LogP contribution in [0.4, 0.5) is 5.69 Å². The molecule has 0 unspecified atom stereocenters. The summed E-state index contributed by atoms with van der Waals surface area (Å²) in [5.41, 5.74) is 1.27. The van der Waals surface area contributed by atoms with E-state index in [-0.39, 0.29) is 48.3 Å². The summed E-state index contributed by atoms with van der Waals surface area (Å²) in [4.78, 5) is 41.4. The van der Waals surface area contributed by atoms with Crippen molar-refractivity contribution in [2.45, 2.75) is 6.42 Å². The van der Waals surface area contributed by atoms with E-state index in [0.717, 1.165) is 36.8 Å². The molecule has 1 aliphatic rings. The minimum Gasteiger partial charge on any atom is -0.478 e. The van der Waals surface area contributed by atoms with Gasteiger partial charge in [0.05, 0.1) is 24.2 Å². The Hall–Kier alpha value is -3.18. The summed E-state index contributed by atoms with van der Waals surface area (Å²) in [6.45, 7) is 3.44. The quantitative estimate of drug-likeness (QED) is 0.440. The number of nitrogens with zero attached hydrogens (tertiary/aromatic N) is 4. The van der Waals surface area contributed by atoms with Gasteiger partial charge in [-0.2, -0.15) is 0 Å². The van der Waals surface area contributed by atoms with Gasteiger partial charge in [0.15, 0.2) is 5.78 Å². The molecule has 0 spiro atoms. The van der Waals surface area contributed by atoms with Crippen molar-refractivity contribution in [2.75, 3.05) is 45.1 Å². The molecule has 0 bridgehead atoms. The molecule has 1 aliphatic heterocycles. The van der Waals surface area contributed by atoms with Crippen molar-refractivity contribution < 1.29 is 19.5 Å². The lowest BCUT2D eigenvalue weighted by atomic mass is 10.0. The van der Waals surface area contributed by atoms with Crippen molar-refractivity contribution in [1.82, 2.24) is 20.0 Å². The van der Waals surface area contributed by atoms with Crippen molar-refractivity contribution in [3.63, 3.8) is 0 Å². The van der Waals surface area contributed by atoms with Gasteiger partial charge in [-0.05, 0) is 19.2 Å². The number of carboxylic acid groups (broad SMARTS) is 1. The van der Waals surface area contributed by atoms with E-state index in [1.165, 1.54) is 29.5 Å². The molecule has 11 heteroatoms. The molecule has 2 N–H and O–H groups in total. The molecule has 0 atom stereocenters. The van der Waals surface area contributed by atoms with Crippen LogP contribution in [0.2, 0.25) is 0 Å². The van der Waals surface area contributed by atoms with Crippen LogP contribution in [0, 0.1) is 0 Å². The second kappa shape index (κ2) is 12.0. The Morgan fingerprint density at radius 1 is 1.03 bits per heavy atom. The highest BCUT2D eigenvalue weighted by Crippen LogP contribution is 2.25. The van der Waals surface area contributed by atoms with Crippen LogP contribution in [0.15, 0.2) is 48.5 Å². The molecule has 2 heterocycles. The van der Waals surface area contributed by atoms with Crippen molar-refractivity contribution in [2.24, 2.45) is 0 Å². The van der Waals surface area contributed by atoms with Gasteiger partial charge in [-0.1, -0.05) is 47.7 Å². The van der Waals surface area contributed by atoms with Gasteiger partial charge in [0, 0.05) is 37.3 Å². The zero-order valence-electron chi connectivity index (χ0n) is 19.1. The highest BCUT2D eigenvalue weighted by Gasteiger charge is 2.20. The number of nitrogens with one attached hydrogen (secondary N) is 1. The van der Waals surface area contributed by atoms with Crippen LogP contribution >= 0.6 is 23.7 Å². The third-order valence-electron chi connectivity index (χ3n) is 5.61. The summed E-state index contributed by atoms with van der Waals surface area (Å²) in [7, 11) is 2.03. The first-order valence-electron chi connectivity index (χ1n) is 10.9. The lowest BCUT2D eigenvalue weighted by Gasteiger charge is -2.31. The normalized spacial score (nSPS) is 14.2. The number of anilines is 1. The van der Waals surface area contributed by atoms with Crippen LogP contribution in [-0.2, 0) is 11.2 Å². The minimum absolute atomic E-state index is 0. The molecule has 0 aliphatic carbocycles. The number of carboxylic acids is 1. The molecule has 1 saturated heterocycles. The monoisotopic (exact) mass is 515 g/mol. The Labute approximate surface area is 213 Å². The van der Waals surface area contributed by atoms with Crippen LogP contribution in [-0.4, -0.2) is 82.5 Å². The molecule has 1 amide bonds. The molecule has 2 aromatic carbocycles. The number of halogens is 1. The van der Waals surface area contributed by atoms with Gasteiger partial charge < -0.3 is 15.3 Å². The SMILES string of the molecule is CN1CCN(CC(=O)Nc2cc(C(=O)Cc3nnc(-c4ccccc4)s3)ccc2C(=O)O)CC1.Cl. The average molecular weight is 516 g/mol. The average Bonchev–Trinajstić information content (AvgIpc) is 3.29. The smallest absolute Gasteiger partial charge is 0.337 e. The first-order valence-corrected chi connectivity index (χ1v) is 11.7. The number of aromatic nitrogens is 2. The molecule has 0 saturated carbocycles. The number of piperazine rings is 1. The fourth-order valence-corrected chi connectivity index (χ4v) is 4.51. The summed E-state index contributed by atoms with van der Waals surface area (Å²) in [6.07, 6.45) is 0.0333. The van der Waals surface area contributed by atoms with E-state index in [2.05, 4.69) is 20.4 Å². The summed E-state index contributed by atoms with van der Waals surface area (Å²) in [6, 6.07) is 13.8. The zero-order chi connectivity index (χ0) is 24.1. The number of likely N-dealkylation sites (N-methyl/N-ethyl adjacent to an activating group) is 1. The fourth-order valence-electron chi connectivity index (χ4n) is 3.67. The number of rotatable bonds is 8. The van der Waals surface area contributed by atoms with Crippen LogP contribution in [0.5, 0.6) is 0 Å². The maximum atomic E-state index is 12.9. The number of benzene rings is 2. The molecule has 1 fully saturated rings. The molecule has 3 aromatic rings. The number of ketones is 1. The molecule has 0 radical (unpaired) electrons. The molecule has 9 nitrogen and oxygen atoms in total. The van der Waals surface area contributed by atoms with E-state index in [1.54, 1.807) is 0 Å². The predicted molar refractivity (Wildman–Crippen MR) is 137 cm³/mol. The molecular formula is C24H26ClN5O4S. The maximum Gasteiger partial charge on any atom is 0.337 e. The van der Waals surface area contributed by atoms with Crippen LogP contribution in [0.3, 0.4) is 0 Å². The van der Waals surface area contributed by atoms with Gasteiger partial charge in [0.2, 0.25) is 5.91 Å². The lowest BCUT2D eigenvalue weighted by Crippen LogP contribution is -2.47. The van der Waals surface area contributed by atoms with E-state index in [9.17, 15) is 19.5 Å². The maximum absolute atomic E-state index is 12.9. The molecule has 4 rings (SSSR count). The van der Waals surface area contributed by atoms with Gasteiger partial charge in [0.25, 0.3) is 0 Å². The fraction of sp³-hybridized carbons (Fsp3) is 0.292. The summed E-state index contributed by atoms with van der Waals surface area (Å²) >= 11 is 1.34. The number of carbonyl (C=O) groups is 3. The van der Waals surface area contributed by atoms with E-state index in [0.29, 0.717) is 10.6 Å². The van der Waals surface area contributed by atoms with Crippen molar-refractivity contribution >= 4 is 47.1 Å². The second-order valence-corrected chi connectivity index (χ2v) is 9.22. The Morgan fingerprint density at radius 2 is 1.74 bits per heavy atom. The molecule has 35 heavy (non-hydrogen) atoms. The summed E-state index contributed by atoms with van der Waals surface area (Å²) in [5, 5.41) is 21.8. The Morgan fingerprint density at radius 3 is 2.43 bits per heavy atom. The van der Waals surface area contributed by atoms with Crippen LogP contribution < -0.4 is 5.32 Å². The van der Waals surface area contributed by atoms with Gasteiger partial charge in [-0.25, -0.2) is 4.79 Å². The lowest BCUT2D eigenvalue weighted by molar-refractivity contribution is -0.117. The highest BCUT2D eigenvalue weighted by molar-refractivity contribution is 7.14. The summed E-state index contributed by atoms with van der Waals surface area (Å²) < 4.78 is 0. The van der Waals surface area contributed by atoms with E-state index < -0.39 is 5.97 Å². The van der Waals surface area contributed by atoms with Crippen molar-refractivity contribution in [3.8, 4) is 10.6 Å². The first kappa shape index (κ1) is 26.4. The molecular weight excluding hydrogens is 490 g/mol. The van der Waals surface area contributed by atoms with Crippen molar-refractivity contribution in [1.29, 1.82) is 0 Å². The standard InChI is InChI=1S/C24H25N5O4S.ClH/c1-28-9-11-29(12-10-28)15-21(31)25-19-13-17(7-8-18(19)24(32)33)20(30)14-22-26-27-23(34-22)16-5-3-2-4-6-16;/h2-8,13H,9-12,14-15H2,1H3,(H,25,31)(H,32,33);1H. The third-order valence-corrected chi connectivity index (χ3v) is 6.58. The van der Waals surface area contributed by atoms with Crippen LogP contribution in [0.1, 0.15) is 25.7 Å². The Kier molecular flexibility index (Phi) is 9.05. The Bertz CT molecular complexity index is 1200. The highest BCUT2D eigenvalue weighted by atomic mass is 35.5. The largest absolute Gasteiger partial charge is 0.478 e. The van der Waals surface area contributed by atoms with E-state index in [4.69, 9.17) is 0 Å². The number of Topliss-reactive ketones (excluding diaryl/α,β-unsaturated/α-hetero) is 1. The van der Waals surface area contributed by atoms with Crippen LogP contribution in [0.25, 0.3) is 10.6 Å². The Balaban J connectivity index is 0.00000342. The van der Waals surface area contributed by atoms with Gasteiger partial charge in [-0.3, -0.25) is 14.5 Å². The van der Waals surface area contributed by atoms with Gasteiger partial charge >= 0.3 is 5.97 Å². The van der Waals surface area contributed by atoms with E-state index >= 15 is 0 Å². The third kappa shape index (κ3) is 6.92. The number of carbonyl (C=O) groups excluding carboxylic acids is 2.